The Morgan fingerprint density at radius 1 is 1.31 bits per heavy atom. The molecule has 3 aromatic heterocycles. The SMILES string of the molecule is O=C1NCC(O)Cn2cc(F)cc(c2=O)C2CCCN2c2ccn3ncc1c3n2. The van der Waals surface area contributed by atoms with Gasteiger partial charge in [-0.1, -0.05) is 0 Å². The van der Waals surface area contributed by atoms with Crippen LogP contribution in [0.3, 0.4) is 0 Å². The van der Waals surface area contributed by atoms with Gasteiger partial charge < -0.3 is 19.9 Å². The normalized spacial score (nSPS) is 21.9. The highest BCUT2D eigenvalue weighted by Gasteiger charge is 2.31. The number of carbonyl (C=O) groups excluding carboxylic acids is 1. The van der Waals surface area contributed by atoms with Crippen LogP contribution in [0.2, 0.25) is 0 Å². The number of rotatable bonds is 0. The zero-order valence-electron chi connectivity index (χ0n) is 15.5. The van der Waals surface area contributed by atoms with E-state index in [4.69, 9.17) is 0 Å². The lowest BCUT2D eigenvalue weighted by atomic mass is 10.1. The topological polar surface area (TPSA) is 105 Å². The van der Waals surface area contributed by atoms with Gasteiger partial charge in [0.1, 0.15) is 17.2 Å². The van der Waals surface area contributed by atoms with E-state index in [0.717, 1.165) is 12.6 Å². The van der Waals surface area contributed by atoms with Gasteiger partial charge in [0.2, 0.25) is 0 Å². The highest BCUT2D eigenvalue weighted by molar-refractivity contribution is 5.99. The second kappa shape index (κ2) is 6.66. The molecule has 0 saturated carbocycles. The van der Waals surface area contributed by atoms with Gasteiger partial charge in [-0.25, -0.2) is 13.9 Å². The van der Waals surface area contributed by atoms with Crippen molar-refractivity contribution in [1.29, 1.82) is 0 Å². The average molecular weight is 398 g/mol. The molecule has 2 aliphatic heterocycles. The Hall–Kier alpha value is -3.27. The number of anilines is 1. The molecule has 0 radical (unpaired) electrons. The lowest BCUT2D eigenvalue weighted by molar-refractivity contribution is 0.0904. The summed E-state index contributed by atoms with van der Waals surface area (Å²) in [5, 5.41) is 17.1. The van der Waals surface area contributed by atoms with Gasteiger partial charge in [0, 0.05) is 31.0 Å². The average Bonchev–Trinajstić information content (AvgIpc) is 3.34. The number of hydrogen-bond acceptors (Lipinski definition) is 6. The second-order valence-corrected chi connectivity index (χ2v) is 7.40. The number of amides is 1. The number of carbonyl (C=O) groups is 1. The standard InChI is InChI=1S/C19H19FN6O3/c20-11-6-13-15-2-1-4-25(15)16-3-5-26-17(23-16)14(8-22-26)18(28)21-7-12(27)10-24(9-11)19(13)29/h3,5-6,8-9,12,15,27H,1-2,4,7,10H2,(H,21,28). The Labute approximate surface area is 164 Å². The van der Waals surface area contributed by atoms with Crippen LogP contribution in [0.5, 0.6) is 0 Å². The van der Waals surface area contributed by atoms with Crippen molar-refractivity contribution < 1.29 is 14.3 Å². The van der Waals surface area contributed by atoms with Crippen LogP contribution in [0.25, 0.3) is 5.65 Å². The minimum absolute atomic E-state index is 0.0935. The van der Waals surface area contributed by atoms with Crippen molar-refractivity contribution in [3.63, 3.8) is 0 Å². The summed E-state index contributed by atoms with van der Waals surface area (Å²) in [5.41, 5.74) is 0.672. The van der Waals surface area contributed by atoms with Gasteiger partial charge in [-0.15, -0.1) is 0 Å². The van der Waals surface area contributed by atoms with E-state index in [-0.39, 0.29) is 24.7 Å². The van der Waals surface area contributed by atoms with Gasteiger partial charge >= 0.3 is 0 Å². The van der Waals surface area contributed by atoms with Crippen LogP contribution in [-0.2, 0) is 6.54 Å². The zero-order chi connectivity index (χ0) is 20.1. The Bertz CT molecular complexity index is 1170. The number of β-amino-alcohol motifs (C(OH)–C–C–N with tert-alkyl or cyclic N) is 1. The fraction of sp³-hybridized carbons (Fsp3) is 0.368. The molecule has 0 aliphatic carbocycles. The van der Waals surface area contributed by atoms with Crippen LogP contribution in [0.1, 0.15) is 34.8 Å². The van der Waals surface area contributed by atoms with Gasteiger partial charge in [0.25, 0.3) is 11.5 Å². The number of fused-ring (bicyclic) bond motifs is 6. The fourth-order valence-corrected chi connectivity index (χ4v) is 4.14. The highest BCUT2D eigenvalue weighted by atomic mass is 19.1. The molecule has 5 heterocycles. The molecular weight excluding hydrogens is 379 g/mol. The number of hydrogen-bond donors (Lipinski definition) is 2. The van der Waals surface area contributed by atoms with Crippen molar-refractivity contribution in [3.8, 4) is 0 Å². The number of aromatic nitrogens is 4. The van der Waals surface area contributed by atoms with Crippen LogP contribution >= 0.6 is 0 Å². The lowest BCUT2D eigenvalue weighted by Gasteiger charge is -2.26. The molecule has 150 valence electrons. The summed E-state index contributed by atoms with van der Waals surface area (Å²) in [5.74, 6) is -0.371. The molecule has 2 aliphatic rings. The first-order chi connectivity index (χ1) is 14.0. The van der Waals surface area contributed by atoms with Crippen molar-refractivity contribution in [2.24, 2.45) is 0 Å². The maximum atomic E-state index is 14.3. The van der Waals surface area contributed by atoms with Gasteiger partial charge in [-0.2, -0.15) is 5.10 Å². The highest BCUT2D eigenvalue weighted by Crippen LogP contribution is 2.34. The fourth-order valence-electron chi connectivity index (χ4n) is 4.14. The van der Waals surface area contributed by atoms with Gasteiger partial charge in [-0.05, 0) is 25.0 Å². The van der Waals surface area contributed by atoms with Crippen LogP contribution < -0.4 is 15.8 Å². The maximum Gasteiger partial charge on any atom is 0.256 e. The summed E-state index contributed by atoms with van der Waals surface area (Å²) in [7, 11) is 0. The van der Waals surface area contributed by atoms with Crippen molar-refractivity contribution in [2.75, 3.05) is 18.0 Å². The molecule has 2 unspecified atom stereocenters. The summed E-state index contributed by atoms with van der Waals surface area (Å²) in [6, 6.07) is 2.71. The third-order valence-electron chi connectivity index (χ3n) is 5.49. The molecule has 9 nitrogen and oxygen atoms in total. The van der Waals surface area contributed by atoms with E-state index in [1.54, 1.807) is 12.3 Å². The van der Waals surface area contributed by atoms with Crippen LogP contribution in [0, 0.1) is 5.82 Å². The van der Waals surface area contributed by atoms with E-state index >= 15 is 0 Å². The Morgan fingerprint density at radius 3 is 3.03 bits per heavy atom. The van der Waals surface area contributed by atoms with Gasteiger partial charge in [-0.3, -0.25) is 9.59 Å². The number of pyridine rings is 1. The molecule has 2 N–H and O–H groups in total. The second-order valence-electron chi connectivity index (χ2n) is 7.40. The van der Waals surface area contributed by atoms with Crippen LogP contribution in [0.15, 0.2) is 35.5 Å². The maximum absolute atomic E-state index is 14.3. The minimum atomic E-state index is -1.06. The third-order valence-corrected chi connectivity index (χ3v) is 5.49. The largest absolute Gasteiger partial charge is 0.389 e. The Morgan fingerprint density at radius 2 is 2.17 bits per heavy atom. The number of aliphatic hydroxyl groups is 1. The first-order valence-corrected chi connectivity index (χ1v) is 9.48. The minimum Gasteiger partial charge on any atom is -0.389 e. The monoisotopic (exact) mass is 398 g/mol. The summed E-state index contributed by atoms with van der Waals surface area (Å²) in [6.45, 7) is 0.440. The van der Waals surface area contributed by atoms with E-state index in [1.807, 2.05) is 4.90 Å². The number of nitrogens with one attached hydrogen (secondary N) is 1. The first kappa shape index (κ1) is 17.8. The van der Waals surface area contributed by atoms with E-state index in [0.29, 0.717) is 35.6 Å². The molecule has 0 aromatic carbocycles. The van der Waals surface area contributed by atoms with Crippen molar-refractivity contribution >= 4 is 17.4 Å². The van der Waals surface area contributed by atoms with Crippen molar-refractivity contribution in [3.05, 3.63) is 58.0 Å². The van der Waals surface area contributed by atoms with E-state index < -0.39 is 17.8 Å². The van der Waals surface area contributed by atoms with Gasteiger partial charge in [0.05, 0.1) is 24.9 Å². The molecule has 10 heteroatoms. The molecule has 29 heavy (non-hydrogen) atoms. The van der Waals surface area contributed by atoms with E-state index in [1.165, 1.54) is 21.3 Å². The molecule has 0 spiro atoms. The molecule has 5 rings (SSSR count). The van der Waals surface area contributed by atoms with Crippen molar-refractivity contribution in [1.82, 2.24) is 24.5 Å². The Balaban J connectivity index is 1.71. The predicted molar refractivity (Wildman–Crippen MR) is 101 cm³/mol. The molecule has 1 amide bonds. The zero-order valence-corrected chi connectivity index (χ0v) is 15.5. The number of nitrogens with zero attached hydrogens (tertiary/aromatic N) is 5. The molecule has 1 saturated heterocycles. The van der Waals surface area contributed by atoms with E-state index in [2.05, 4.69) is 15.4 Å². The summed E-state index contributed by atoms with van der Waals surface area (Å²) in [4.78, 5) is 32.2. The number of aliphatic hydroxyl groups excluding tert-OH is 1. The predicted octanol–water partition coefficient (Wildman–Crippen LogP) is 0.476. The van der Waals surface area contributed by atoms with Crippen molar-refractivity contribution in [2.45, 2.75) is 31.5 Å². The van der Waals surface area contributed by atoms with Gasteiger partial charge in [0.15, 0.2) is 5.65 Å². The smallest absolute Gasteiger partial charge is 0.256 e. The molecule has 2 atom stereocenters. The first-order valence-electron chi connectivity index (χ1n) is 9.48. The number of halogens is 1. The van der Waals surface area contributed by atoms with Crippen LogP contribution in [0.4, 0.5) is 10.2 Å². The molecular formula is C19H19FN6O3. The summed E-state index contributed by atoms with van der Waals surface area (Å²) < 4.78 is 17.0. The summed E-state index contributed by atoms with van der Waals surface area (Å²) >= 11 is 0. The lowest BCUT2D eigenvalue weighted by Crippen LogP contribution is -2.38. The molecule has 3 aromatic rings. The third kappa shape index (κ3) is 2.96. The Kier molecular flexibility index (Phi) is 4.09. The molecule has 4 bridgehead atoms. The van der Waals surface area contributed by atoms with Crippen LogP contribution in [-0.4, -0.2) is 49.4 Å². The van der Waals surface area contributed by atoms with E-state index in [9.17, 15) is 19.1 Å². The molecule has 1 fully saturated rings. The summed E-state index contributed by atoms with van der Waals surface area (Å²) in [6.07, 6.45) is 4.67. The quantitative estimate of drug-likeness (QED) is 0.571.